The van der Waals surface area contributed by atoms with Crippen LogP contribution in [0.2, 0.25) is 0 Å². The molecule has 5 nitrogen and oxygen atoms in total. The Kier molecular flexibility index (Phi) is 5.95. The Morgan fingerprint density at radius 2 is 1.79 bits per heavy atom. The molecular weight excluding hydrogens is 362 g/mol. The largest absolute Gasteiger partial charge is 0.354 e. The molecule has 1 N–H and O–H groups in total. The zero-order chi connectivity index (χ0) is 20.2. The first-order valence-electron chi connectivity index (χ1n) is 10.6. The highest BCUT2D eigenvalue weighted by molar-refractivity contribution is 5.95. The van der Waals surface area contributed by atoms with E-state index in [-0.39, 0.29) is 11.8 Å². The fourth-order valence-electron chi connectivity index (χ4n) is 4.25. The van der Waals surface area contributed by atoms with Crippen LogP contribution in [0.3, 0.4) is 0 Å². The number of carbonyl (C=O) groups excluding carboxylic acids is 2. The summed E-state index contributed by atoms with van der Waals surface area (Å²) in [5.74, 6) is 0.226. The van der Waals surface area contributed by atoms with Crippen molar-refractivity contribution in [1.82, 2.24) is 10.2 Å². The Morgan fingerprint density at radius 3 is 2.52 bits per heavy atom. The van der Waals surface area contributed by atoms with Crippen molar-refractivity contribution in [2.24, 2.45) is 0 Å². The van der Waals surface area contributed by atoms with Gasteiger partial charge in [0.1, 0.15) is 0 Å². The van der Waals surface area contributed by atoms with Crippen LogP contribution in [0.25, 0.3) is 0 Å². The highest BCUT2D eigenvalue weighted by atomic mass is 16.2. The quantitative estimate of drug-likeness (QED) is 0.824. The van der Waals surface area contributed by atoms with Crippen LogP contribution in [-0.4, -0.2) is 42.4 Å². The zero-order valence-electron chi connectivity index (χ0n) is 17.1. The van der Waals surface area contributed by atoms with E-state index in [1.807, 2.05) is 29.2 Å². The maximum atomic E-state index is 12.4. The molecule has 2 amide bonds. The van der Waals surface area contributed by atoms with Crippen LogP contribution < -0.4 is 10.2 Å². The van der Waals surface area contributed by atoms with Crippen LogP contribution in [0.1, 0.15) is 36.5 Å². The Bertz CT molecular complexity index is 878. The summed E-state index contributed by atoms with van der Waals surface area (Å²) in [4.78, 5) is 28.5. The van der Waals surface area contributed by atoms with E-state index in [0.717, 1.165) is 43.7 Å². The molecule has 152 valence electrons. The molecular formula is C24H29N3O2. The van der Waals surface area contributed by atoms with Crippen molar-refractivity contribution in [3.05, 3.63) is 65.2 Å². The topological polar surface area (TPSA) is 52.7 Å². The number of hydrogen-bond donors (Lipinski definition) is 1. The lowest BCUT2D eigenvalue weighted by Crippen LogP contribution is -2.44. The van der Waals surface area contributed by atoms with Gasteiger partial charge >= 0.3 is 0 Å². The second kappa shape index (κ2) is 8.78. The number of anilines is 1. The minimum atomic E-state index is 0.0410. The molecule has 0 aliphatic carbocycles. The molecule has 1 atom stereocenters. The van der Waals surface area contributed by atoms with Crippen molar-refractivity contribution < 1.29 is 9.59 Å². The molecule has 0 saturated carbocycles. The SMILES string of the molecule is CC(CNC(=O)Cc1ccc(N2CCCC2=O)cc1)N1CCc2ccccc2C1. The van der Waals surface area contributed by atoms with Crippen molar-refractivity contribution in [3.8, 4) is 0 Å². The number of fused-ring (bicyclic) bond motifs is 1. The molecule has 0 radical (unpaired) electrons. The molecule has 2 aromatic carbocycles. The van der Waals surface area contributed by atoms with Gasteiger partial charge in [0.2, 0.25) is 11.8 Å². The summed E-state index contributed by atoms with van der Waals surface area (Å²) in [5.41, 5.74) is 4.74. The number of benzene rings is 2. The third-order valence-corrected chi connectivity index (χ3v) is 6.06. The molecule has 1 unspecified atom stereocenters. The van der Waals surface area contributed by atoms with E-state index in [1.54, 1.807) is 0 Å². The molecule has 1 fully saturated rings. The van der Waals surface area contributed by atoms with Gasteiger partial charge in [-0.2, -0.15) is 0 Å². The number of rotatable bonds is 6. The van der Waals surface area contributed by atoms with Crippen LogP contribution in [0.5, 0.6) is 0 Å². The van der Waals surface area contributed by atoms with E-state index >= 15 is 0 Å². The van der Waals surface area contributed by atoms with Gasteiger partial charge in [-0.05, 0) is 48.6 Å². The normalized spacial score (nSPS) is 17.8. The summed E-state index contributed by atoms with van der Waals surface area (Å²) in [6.45, 7) is 5.60. The van der Waals surface area contributed by atoms with Gasteiger partial charge in [-0.25, -0.2) is 0 Å². The first-order valence-corrected chi connectivity index (χ1v) is 10.6. The van der Waals surface area contributed by atoms with Gasteiger partial charge in [0.15, 0.2) is 0 Å². The fourth-order valence-corrected chi connectivity index (χ4v) is 4.25. The van der Waals surface area contributed by atoms with Crippen LogP contribution in [0, 0.1) is 0 Å². The van der Waals surface area contributed by atoms with E-state index < -0.39 is 0 Å². The standard InChI is InChI=1S/C24H29N3O2/c1-18(26-14-12-20-5-2-3-6-21(20)17-26)16-25-23(28)15-19-8-10-22(11-9-19)27-13-4-7-24(27)29/h2-3,5-6,8-11,18H,4,7,12-17H2,1H3,(H,25,28). The Balaban J connectivity index is 1.25. The second-order valence-electron chi connectivity index (χ2n) is 8.13. The summed E-state index contributed by atoms with van der Waals surface area (Å²) in [6.07, 6.45) is 2.98. The third kappa shape index (κ3) is 4.67. The lowest BCUT2D eigenvalue weighted by molar-refractivity contribution is -0.120. The Labute approximate surface area is 172 Å². The van der Waals surface area contributed by atoms with Gasteiger partial charge in [0.05, 0.1) is 6.42 Å². The number of carbonyl (C=O) groups is 2. The maximum Gasteiger partial charge on any atom is 0.227 e. The molecule has 1 saturated heterocycles. The Hall–Kier alpha value is -2.66. The maximum absolute atomic E-state index is 12.4. The van der Waals surface area contributed by atoms with Crippen LogP contribution >= 0.6 is 0 Å². The fraction of sp³-hybridized carbons (Fsp3) is 0.417. The molecule has 2 aliphatic rings. The molecule has 4 rings (SSSR count). The monoisotopic (exact) mass is 391 g/mol. The lowest BCUT2D eigenvalue weighted by Gasteiger charge is -2.33. The highest BCUT2D eigenvalue weighted by Crippen LogP contribution is 2.22. The number of amides is 2. The average Bonchev–Trinajstić information content (AvgIpc) is 3.18. The predicted octanol–water partition coefficient (Wildman–Crippen LogP) is 2.92. The number of nitrogens with one attached hydrogen (secondary N) is 1. The van der Waals surface area contributed by atoms with Gasteiger partial charge in [-0.1, -0.05) is 36.4 Å². The van der Waals surface area contributed by atoms with Crippen molar-refractivity contribution in [3.63, 3.8) is 0 Å². The van der Waals surface area contributed by atoms with Crippen LogP contribution in [0.4, 0.5) is 5.69 Å². The van der Waals surface area contributed by atoms with Crippen LogP contribution in [0.15, 0.2) is 48.5 Å². The van der Waals surface area contributed by atoms with Gasteiger partial charge < -0.3 is 10.2 Å². The first kappa shape index (κ1) is 19.6. The van der Waals surface area contributed by atoms with E-state index in [9.17, 15) is 9.59 Å². The van der Waals surface area contributed by atoms with E-state index in [2.05, 4.69) is 41.4 Å². The summed E-state index contributed by atoms with van der Waals surface area (Å²) in [7, 11) is 0. The van der Waals surface area contributed by atoms with E-state index in [4.69, 9.17) is 0 Å². The van der Waals surface area contributed by atoms with Gasteiger partial charge in [0.25, 0.3) is 0 Å². The summed E-state index contributed by atoms with van der Waals surface area (Å²) in [5, 5.41) is 3.08. The summed E-state index contributed by atoms with van der Waals surface area (Å²) in [6, 6.07) is 16.7. The minimum absolute atomic E-state index is 0.0410. The van der Waals surface area contributed by atoms with Crippen LogP contribution in [-0.2, 0) is 29.0 Å². The van der Waals surface area contributed by atoms with Crippen molar-refractivity contribution >= 4 is 17.5 Å². The highest BCUT2D eigenvalue weighted by Gasteiger charge is 2.22. The van der Waals surface area contributed by atoms with E-state index in [0.29, 0.717) is 25.4 Å². The molecule has 0 bridgehead atoms. The molecule has 29 heavy (non-hydrogen) atoms. The predicted molar refractivity (Wildman–Crippen MR) is 115 cm³/mol. The van der Waals surface area contributed by atoms with E-state index in [1.165, 1.54) is 11.1 Å². The van der Waals surface area contributed by atoms with Crippen molar-refractivity contribution in [1.29, 1.82) is 0 Å². The molecule has 0 spiro atoms. The first-order chi connectivity index (χ1) is 14.1. The molecule has 2 aromatic rings. The summed E-state index contributed by atoms with van der Waals surface area (Å²) < 4.78 is 0. The lowest BCUT2D eigenvalue weighted by atomic mass is 9.99. The van der Waals surface area contributed by atoms with Gasteiger partial charge in [-0.3, -0.25) is 14.5 Å². The van der Waals surface area contributed by atoms with Crippen molar-refractivity contribution in [2.45, 2.75) is 45.2 Å². The number of nitrogens with zero attached hydrogens (tertiary/aromatic N) is 2. The number of hydrogen-bond acceptors (Lipinski definition) is 3. The molecule has 2 heterocycles. The van der Waals surface area contributed by atoms with Gasteiger partial charge in [0, 0.05) is 44.3 Å². The molecule has 0 aromatic heterocycles. The second-order valence-corrected chi connectivity index (χ2v) is 8.13. The molecule has 5 heteroatoms. The van der Waals surface area contributed by atoms with Gasteiger partial charge in [-0.15, -0.1) is 0 Å². The zero-order valence-corrected chi connectivity index (χ0v) is 17.1. The molecule has 2 aliphatic heterocycles. The smallest absolute Gasteiger partial charge is 0.227 e. The van der Waals surface area contributed by atoms with Crippen molar-refractivity contribution in [2.75, 3.05) is 24.5 Å². The third-order valence-electron chi connectivity index (χ3n) is 6.06. The average molecular weight is 392 g/mol. The minimum Gasteiger partial charge on any atom is -0.354 e. The summed E-state index contributed by atoms with van der Waals surface area (Å²) >= 11 is 0. The Morgan fingerprint density at radius 1 is 1.03 bits per heavy atom.